The number of nitrogens with two attached hydrogens (primary N) is 1. The van der Waals surface area contributed by atoms with Crippen molar-refractivity contribution < 1.29 is 9.15 Å². The normalized spacial score (nSPS) is 17.0. The van der Waals surface area contributed by atoms with Gasteiger partial charge in [0.15, 0.2) is 11.6 Å². The summed E-state index contributed by atoms with van der Waals surface area (Å²) in [5, 5.41) is 8.30. The van der Waals surface area contributed by atoms with Crippen LogP contribution in [0.1, 0.15) is 24.7 Å². The Kier molecular flexibility index (Phi) is 3.74. The van der Waals surface area contributed by atoms with E-state index in [1.54, 1.807) is 19.4 Å². The van der Waals surface area contributed by atoms with E-state index in [9.17, 15) is 0 Å². The molecule has 21 heavy (non-hydrogen) atoms. The molecule has 3 heterocycles. The van der Waals surface area contributed by atoms with E-state index in [0.29, 0.717) is 34.8 Å². The second-order valence-electron chi connectivity index (χ2n) is 5.33. The van der Waals surface area contributed by atoms with Gasteiger partial charge in [-0.15, -0.1) is 10.2 Å². The molecular weight excluding hydrogens is 270 g/mol. The molecule has 0 saturated carbocycles. The largest absolute Gasteiger partial charge is 0.493 e. The van der Waals surface area contributed by atoms with Gasteiger partial charge in [0, 0.05) is 12.1 Å². The first-order valence-corrected chi connectivity index (χ1v) is 6.99. The fourth-order valence-electron chi connectivity index (χ4n) is 2.51. The van der Waals surface area contributed by atoms with Crippen LogP contribution in [0.3, 0.4) is 0 Å². The fourth-order valence-corrected chi connectivity index (χ4v) is 2.51. The van der Waals surface area contributed by atoms with Gasteiger partial charge in [0.05, 0.1) is 12.7 Å². The zero-order valence-electron chi connectivity index (χ0n) is 12.2. The summed E-state index contributed by atoms with van der Waals surface area (Å²) >= 11 is 0. The zero-order chi connectivity index (χ0) is 14.8. The number of rotatable bonds is 3. The number of hydrogen-bond donors (Lipinski definition) is 1. The molecule has 7 heteroatoms. The summed E-state index contributed by atoms with van der Waals surface area (Å²) in [4.78, 5) is 6.38. The Morgan fingerprint density at radius 1 is 1.33 bits per heavy atom. The number of piperidine rings is 1. The second-order valence-corrected chi connectivity index (χ2v) is 5.33. The van der Waals surface area contributed by atoms with Gasteiger partial charge in [-0.1, -0.05) is 0 Å². The number of ether oxygens (including phenoxy) is 1. The predicted molar refractivity (Wildman–Crippen MR) is 78.0 cm³/mol. The van der Waals surface area contributed by atoms with Crippen molar-refractivity contribution in [3.8, 4) is 17.2 Å². The van der Waals surface area contributed by atoms with Crippen LogP contribution in [0.2, 0.25) is 0 Å². The third kappa shape index (κ3) is 2.82. The number of nitrogen functional groups attached to an aromatic ring is 1. The first-order chi connectivity index (χ1) is 10.2. The standard InChI is InChI=1S/C14H19N5O2/c1-19-5-3-9(4-6-19)13-17-18-14(21-13)10-7-11(20-2)12(15)16-8-10/h7-9H,3-6H2,1-2H3,(H2,15,16). The van der Waals surface area contributed by atoms with E-state index in [0.717, 1.165) is 25.9 Å². The summed E-state index contributed by atoms with van der Waals surface area (Å²) in [5.41, 5.74) is 6.42. The van der Waals surface area contributed by atoms with Crippen molar-refractivity contribution in [1.82, 2.24) is 20.1 Å². The molecule has 0 bridgehead atoms. The van der Waals surface area contributed by atoms with Gasteiger partial charge in [-0.3, -0.25) is 0 Å². The maximum atomic E-state index is 5.81. The van der Waals surface area contributed by atoms with E-state index >= 15 is 0 Å². The molecule has 0 atom stereocenters. The van der Waals surface area contributed by atoms with Crippen LogP contribution in [0.4, 0.5) is 5.82 Å². The molecule has 0 aliphatic carbocycles. The Balaban J connectivity index is 1.81. The summed E-state index contributed by atoms with van der Waals surface area (Å²) in [5.74, 6) is 2.34. The van der Waals surface area contributed by atoms with Crippen molar-refractivity contribution in [2.45, 2.75) is 18.8 Å². The third-order valence-electron chi connectivity index (χ3n) is 3.86. The Bertz CT molecular complexity index is 620. The van der Waals surface area contributed by atoms with Crippen LogP contribution < -0.4 is 10.5 Å². The highest BCUT2D eigenvalue weighted by atomic mass is 16.5. The highest BCUT2D eigenvalue weighted by Gasteiger charge is 2.24. The molecular formula is C14H19N5O2. The first kappa shape index (κ1) is 13.8. The Hall–Kier alpha value is -2.15. The molecule has 112 valence electrons. The summed E-state index contributed by atoms with van der Waals surface area (Å²) in [6, 6.07) is 1.76. The quantitative estimate of drug-likeness (QED) is 0.916. The first-order valence-electron chi connectivity index (χ1n) is 6.99. The number of nitrogens with zero attached hydrogens (tertiary/aromatic N) is 4. The number of pyridine rings is 1. The van der Waals surface area contributed by atoms with Crippen LogP contribution in [-0.2, 0) is 0 Å². The molecule has 2 aromatic rings. The van der Waals surface area contributed by atoms with Crippen LogP contribution in [0.15, 0.2) is 16.7 Å². The van der Waals surface area contributed by atoms with Gasteiger partial charge < -0.3 is 19.8 Å². The summed E-state index contributed by atoms with van der Waals surface area (Å²) < 4.78 is 11.0. The van der Waals surface area contributed by atoms with E-state index in [1.165, 1.54) is 0 Å². The SMILES string of the molecule is COc1cc(-c2nnc(C3CCN(C)CC3)o2)cnc1N. The van der Waals surface area contributed by atoms with Gasteiger partial charge >= 0.3 is 0 Å². The van der Waals surface area contributed by atoms with Crippen LogP contribution in [-0.4, -0.2) is 47.3 Å². The van der Waals surface area contributed by atoms with Crippen molar-refractivity contribution in [3.05, 3.63) is 18.2 Å². The van der Waals surface area contributed by atoms with Crippen molar-refractivity contribution in [1.29, 1.82) is 0 Å². The maximum absolute atomic E-state index is 5.81. The van der Waals surface area contributed by atoms with Crippen LogP contribution in [0.5, 0.6) is 5.75 Å². The van der Waals surface area contributed by atoms with Gasteiger partial charge in [-0.05, 0) is 39.0 Å². The van der Waals surface area contributed by atoms with Crippen LogP contribution in [0, 0.1) is 0 Å². The van der Waals surface area contributed by atoms with Gasteiger partial charge in [-0.25, -0.2) is 4.98 Å². The lowest BCUT2D eigenvalue weighted by atomic mass is 9.97. The number of methoxy groups -OCH3 is 1. The molecule has 0 unspecified atom stereocenters. The van der Waals surface area contributed by atoms with Crippen molar-refractivity contribution in [2.24, 2.45) is 0 Å². The molecule has 0 spiro atoms. The highest BCUT2D eigenvalue weighted by molar-refractivity contribution is 5.59. The maximum Gasteiger partial charge on any atom is 0.249 e. The molecule has 2 N–H and O–H groups in total. The van der Waals surface area contributed by atoms with Crippen molar-refractivity contribution >= 4 is 5.82 Å². The molecule has 7 nitrogen and oxygen atoms in total. The number of aromatic nitrogens is 3. The molecule has 3 rings (SSSR count). The number of likely N-dealkylation sites (tertiary alicyclic amines) is 1. The molecule has 1 aliphatic rings. The van der Waals surface area contributed by atoms with E-state index < -0.39 is 0 Å². The molecule has 0 radical (unpaired) electrons. The van der Waals surface area contributed by atoms with Gasteiger partial charge in [0.1, 0.15) is 0 Å². The molecule has 1 saturated heterocycles. The molecule has 1 fully saturated rings. The minimum absolute atomic E-state index is 0.339. The number of hydrogen-bond acceptors (Lipinski definition) is 7. The van der Waals surface area contributed by atoms with Crippen molar-refractivity contribution in [2.75, 3.05) is 33.0 Å². The van der Waals surface area contributed by atoms with E-state index in [-0.39, 0.29) is 0 Å². The van der Waals surface area contributed by atoms with Gasteiger partial charge in [0.25, 0.3) is 0 Å². The molecule has 1 aliphatic heterocycles. The average molecular weight is 289 g/mol. The third-order valence-corrected chi connectivity index (χ3v) is 3.86. The second kappa shape index (κ2) is 5.69. The summed E-state index contributed by atoms with van der Waals surface area (Å²) in [6.07, 6.45) is 3.70. The molecule has 2 aromatic heterocycles. The lowest BCUT2D eigenvalue weighted by Gasteiger charge is -2.26. The smallest absolute Gasteiger partial charge is 0.249 e. The topological polar surface area (TPSA) is 90.3 Å². The lowest BCUT2D eigenvalue weighted by molar-refractivity contribution is 0.237. The van der Waals surface area contributed by atoms with E-state index in [2.05, 4.69) is 27.1 Å². The lowest BCUT2D eigenvalue weighted by Crippen LogP contribution is -2.29. The van der Waals surface area contributed by atoms with E-state index in [4.69, 9.17) is 14.9 Å². The monoisotopic (exact) mass is 289 g/mol. The highest BCUT2D eigenvalue weighted by Crippen LogP contribution is 2.30. The van der Waals surface area contributed by atoms with Gasteiger partial charge in [-0.2, -0.15) is 0 Å². The average Bonchev–Trinajstić information content (AvgIpc) is 2.98. The van der Waals surface area contributed by atoms with Crippen molar-refractivity contribution in [3.63, 3.8) is 0 Å². The summed E-state index contributed by atoms with van der Waals surface area (Å²) in [6.45, 7) is 2.11. The fraction of sp³-hybridized carbons (Fsp3) is 0.500. The minimum Gasteiger partial charge on any atom is -0.493 e. The Morgan fingerprint density at radius 2 is 2.10 bits per heavy atom. The minimum atomic E-state index is 0.339. The summed E-state index contributed by atoms with van der Waals surface area (Å²) in [7, 11) is 3.68. The van der Waals surface area contributed by atoms with E-state index in [1.807, 2.05) is 0 Å². The van der Waals surface area contributed by atoms with Crippen LogP contribution in [0.25, 0.3) is 11.5 Å². The van der Waals surface area contributed by atoms with Crippen LogP contribution >= 0.6 is 0 Å². The molecule has 0 aromatic carbocycles. The molecule has 0 amide bonds. The number of anilines is 1. The Labute approximate surface area is 123 Å². The zero-order valence-corrected chi connectivity index (χ0v) is 12.2. The Morgan fingerprint density at radius 3 is 2.81 bits per heavy atom. The van der Waals surface area contributed by atoms with Gasteiger partial charge in [0.2, 0.25) is 11.8 Å². The predicted octanol–water partition coefficient (Wildman–Crippen LogP) is 1.53.